The number of aromatic hydroxyl groups is 1. The molecule has 0 unspecified atom stereocenters. The van der Waals surface area contributed by atoms with Gasteiger partial charge in [0.15, 0.2) is 18.1 Å². The van der Waals surface area contributed by atoms with Crippen molar-refractivity contribution in [3.8, 4) is 17.2 Å². The van der Waals surface area contributed by atoms with Gasteiger partial charge in [0.2, 0.25) is 0 Å². The fraction of sp³-hybridized carbons (Fsp3) is 0.350. The van der Waals surface area contributed by atoms with Crippen molar-refractivity contribution in [3.05, 3.63) is 48.5 Å². The first-order valence-electron chi connectivity index (χ1n) is 8.78. The van der Waals surface area contributed by atoms with Gasteiger partial charge in [-0.25, -0.2) is 0 Å². The molecule has 2 rings (SSSR count). The summed E-state index contributed by atoms with van der Waals surface area (Å²) in [6, 6.07) is 13.8. The minimum absolute atomic E-state index is 0.000404. The molecule has 0 aliphatic carbocycles. The van der Waals surface area contributed by atoms with Crippen LogP contribution in [0.15, 0.2) is 48.5 Å². The van der Waals surface area contributed by atoms with Crippen LogP contribution in [0.25, 0.3) is 0 Å². The zero-order valence-corrected chi connectivity index (χ0v) is 15.3. The average molecular weight is 358 g/mol. The molecule has 0 bridgehead atoms. The number of nitrogens with zero attached hydrogens (tertiary/aromatic N) is 1. The van der Waals surface area contributed by atoms with Crippen LogP contribution in [0.5, 0.6) is 17.2 Å². The van der Waals surface area contributed by atoms with Gasteiger partial charge in [-0.05, 0) is 37.4 Å². The Morgan fingerprint density at radius 1 is 1.00 bits per heavy atom. The lowest BCUT2D eigenvalue weighted by Gasteiger charge is -2.19. The second-order valence-electron chi connectivity index (χ2n) is 5.68. The fourth-order valence-corrected chi connectivity index (χ4v) is 2.43. The third kappa shape index (κ3) is 5.97. The Morgan fingerprint density at radius 3 is 2.35 bits per heavy atom. The molecule has 0 saturated heterocycles. The molecule has 0 atom stereocenters. The zero-order valence-electron chi connectivity index (χ0n) is 15.3. The van der Waals surface area contributed by atoms with Gasteiger partial charge < -0.3 is 24.8 Å². The van der Waals surface area contributed by atoms with Crippen LogP contribution in [-0.2, 0) is 4.79 Å². The number of carbonyl (C=O) groups excluding carboxylic acids is 1. The number of hydrogen-bond acceptors (Lipinski definition) is 5. The van der Waals surface area contributed by atoms with Crippen LogP contribution in [0.4, 0.5) is 5.69 Å². The molecule has 0 heterocycles. The molecule has 0 radical (unpaired) electrons. The molecular weight excluding hydrogens is 332 g/mol. The predicted octanol–water partition coefficient (Wildman–Crippen LogP) is 3.13. The van der Waals surface area contributed by atoms with E-state index in [1.807, 2.05) is 18.2 Å². The highest BCUT2D eigenvalue weighted by atomic mass is 16.5. The van der Waals surface area contributed by atoms with Gasteiger partial charge in [-0.1, -0.05) is 38.1 Å². The van der Waals surface area contributed by atoms with E-state index in [0.717, 1.165) is 19.6 Å². The monoisotopic (exact) mass is 358 g/mol. The van der Waals surface area contributed by atoms with E-state index in [0.29, 0.717) is 18.0 Å². The zero-order chi connectivity index (χ0) is 18.8. The summed E-state index contributed by atoms with van der Waals surface area (Å²) in [7, 11) is 0. The van der Waals surface area contributed by atoms with Crippen LogP contribution >= 0.6 is 0 Å². The second kappa shape index (κ2) is 10.3. The molecule has 0 saturated carbocycles. The number of para-hydroxylation sites is 4. The van der Waals surface area contributed by atoms with E-state index in [2.05, 4.69) is 24.1 Å². The van der Waals surface area contributed by atoms with Crippen molar-refractivity contribution in [1.29, 1.82) is 0 Å². The van der Waals surface area contributed by atoms with Crippen molar-refractivity contribution in [3.63, 3.8) is 0 Å². The lowest BCUT2D eigenvalue weighted by atomic mass is 10.3. The maximum absolute atomic E-state index is 12.1. The third-order valence-corrected chi connectivity index (χ3v) is 3.94. The highest BCUT2D eigenvalue weighted by molar-refractivity contribution is 5.93. The number of nitrogens with one attached hydrogen (secondary N) is 1. The minimum atomic E-state index is -0.326. The van der Waals surface area contributed by atoms with Crippen molar-refractivity contribution < 1.29 is 19.4 Å². The van der Waals surface area contributed by atoms with Crippen molar-refractivity contribution >= 4 is 11.6 Å². The summed E-state index contributed by atoms with van der Waals surface area (Å²) in [6.45, 7) is 7.34. The van der Waals surface area contributed by atoms with Gasteiger partial charge >= 0.3 is 0 Å². The van der Waals surface area contributed by atoms with Crippen LogP contribution in [-0.4, -0.2) is 48.8 Å². The van der Waals surface area contributed by atoms with E-state index < -0.39 is 0 Å². The predicted molar refractivity (Wildman–Crippen MR) is 102 cm³/mol. The molecule has 0 spiro atoms. The average Bonchev–Trinajstić information content (AvgIpc) is 2.66. The molecule has 0 aliphatic heterocycles. The summed E-state index contributed by atoms with van der Waals surface area (Å²) in [5.41, 5.74) is 0.595. The van der Waals surface area contributed by atoms with Crippen molar-refractivity contribution in [2.24, 2.45) is 0 Å². The Balaban J connectivity index is 1.88. The first kappa shape index (κ1) is 19.6. The smallest absolute Gasteiger partial charge is 0.262 e. The van der Waals surface area contributed by atoms with Gasteiger partial charge in [0.1, 0.15) is 12.4 Å². The Hall–Kier alpha value is -2.73. The molecule has 6 nitrogen and oxygen atoms in total. The van der Waals surface area contributed by atoms with Gasteiger partial charge in [-0.15, -0.1) is 0 Å². The number of phenols is 1. The molecule has 2 aromatic carbocycles. The molecule has 0 fully saturated rings. The van der Waals surface area contributed by atoms with E-state index in [9.17, 15) is 9.90 Å². The van der Waals surface area contributed by atoms with Crippen LogP contribution in [0.3, 0.4) is 0 Å². The molecule has 140 valence electrons. The van der Waals surface area contributed by atoms with Crippen LogP contribution in [0.2, 0.25) is 0 Å². The summed E-state index contributed by atoms with van der Waals surface area (Å²) in [5, 5.41) is 12.4. The molecule has 0 aromatic heterocycles. The number of likely N-dealkylation sites (N-methyl/N-ethyl adjacent to an activating group) is 1. The van der Waals surface area contributed by atoms with E-state index in [1.165, 1.54) is 6.07 Å². The lowest BCUT2D eigenvalue weighted by Crippen LogP contribution is -2.28. The molecule has 26 heavy (non-hydrogen) atoms. The van der Waals surface area contributed by atoms with Gasteiger partial charge in [0.25, 0.3) is 5.91 Å². The standard InChI is InChI=1S/C20H26N2O4/c1-3-22(4-2)13-14-25-18-11-7-5-9-16(18)21-20(24)15-26-19-12-8-6-10-17(19)23/h5-12,23H,3-4,13-15H2,1-2H3,(H,21,24). The van der Waals surface area contributed by atoms with E-state index in [-0.39, 0.29) is 24.0 Å². The molecule has 6 heteroatoms. The van der Waals surface area contributed by atoms with Gasteiger partial charge in [-0.2, -0.15) is 0 Å². The third-order valence-electron chi connectivity index (χ3n) is 3.94. The molecule has 2 N–H and O–H groups in total. The van der Waals surface area contributed by atoms with Crippen molar-refractivity contribution in [2.45, 2.75) is 13.8 Å². The Morgan fingerprint density at radius 2 is 1.65 bits per heavy atom. The number of carbonyl (C=O) groups is 1. The van der Waals surface area contributed by atoms with Gasteiger partial charge in [0.05, 0.1) is 5.69 Å². The highest BCUT2D eigenvalue weighted by Crippen LogP contribution is 2.25. The Kier molecular flexibility index (Phi) is 7.76. The molecule has 1 amide bonds. The first-order chi connectivity index (χ1) is 12.6. The number of ether oxygens (including phenoxy) is 2. The van der Waals surface area contributed by atoms with E-state index in [4.69, 9.17) is 9.47 Å². The summed E-state index contributed by atoms with van der Waals surface area (Å²) < 4.78 is 11.2. The second-order valence-corrected chi connectivity index (χ2v) is 5.68. The van der Waals surface area contributed by atoms with Gasteiger partial charge in [-0.3, -0.25) is 4.79 Å². The van der Waals surface area contributed by atoms with E-state index in [1.54, 1.807) is 24.3 Å². The number of phenolic OH excluding ortho intramolecular Hbond substituents is 1. The molecular formula is C20H26N2O4. The number of amides is 1. The summed E-state index contributed by atoms with van der Waals surface area (Å²) in [6.07, 6.45) is 0. The maximum atomic E-state index is 12.1. The number of anilines is 1. The topological polar surface area (TPSA) is 71.0 Å². The largest absolute Gasteiger partial charge is 0.504 e. The molecule has 0 aliphatic rings. The summed E-state index contributed by atoms with van der Waals surface area (Å²) in [5.74, 6) is 0.565. The normalized spacial score (nSPS) is 10.6. The summed E-state index contributed by atoms with van der Waals surface area (Å²) >= 11 is 0. The number of benzene rings is 2. The van der Waals surface area contributed by atoms with Crippen LogP contribution in [0.1, 0.15) is 13.8 Å². The minimum Gasteiger partial charge on any atom is -0.504 e. The SMILES string of the molecule is CCN(CC)CCOc1ccccc1NC(=O)COc1ccccc1O. The molecule has 2 aromatic rings. The van der Waals surface area contributed by atoms with Crippen molar-refractivity contribution in [2.75, 3.05) is 38.2 Å². The Labute approximate surface area is 154 Å². The van der Waals surface area contributed by atoms with Crippen LogP contribution in [0, 0.1) is 0 Å². The maximum Gasteiger partial charge on any atom is 0.262 e. The quantitative estimate of drug-likeness (QED) is 0.683. The highest BCUT2D eigenvalue weighted by Gasteiger charge is 2.10. The fourth-order valence-electron chi connectivity index (χ4n) is 2.43. The number of hydrogen-bond donors (Lipinski definition) is 2. The van der Waals surface area contributed by atoms with E-state index >= 15 is 0 Å². The summed E-state index contributed by atoms with van der Waals surface area (Å²) in [4.78, 5) is 14.4. The first-order valence-corrected chi connectivity index (χ1v) is 8.78. The van der Waals surface area contributed by atoms with Gasteiger partial charge in [0, 0.05) is 6.54 Å². The number of rotatable bonds is 10. The van der Waals surface area contributed by atoms with Crippen molar-refractivity contribution in [1.82, 2.24) is 4.90 Å². The Bertz CT molecular complexity index is 702. The lowest BCUT2D eigenvalue weighted by molar-refractivity contribution is -0.118. The van der Waals surface area contributed by atoms with Crippen LogP contribution < -0.4 is 14.8 Å².